The van der Waals surface area contributed by atoms with Gasteiger partial charge in [-0.05, 0) is 73.8 Å². The molecule has 9 heteroatoms. The van der Waals surface area contributed by atoms with E-state index in [9.17, 15) is 21.6 Å². The summed E-state index contributed by atoms with van der Waals surface area (Å²) in [5, 5.41) is 0. The Balaban J connectivity index is 1.71. The molecular weight excluding hydrogens is 453 g/mol. The summed E-state index contributed by atoms with van der Waals surface area (Å²) in [4.78, 5) is 2.42. The first-order valence-corrected chi connectivity index (χ1v) is 13.0. The van der Waals surface area contributed by atoms with Crippen LogP contribution in [0.5, 0.6) is 5.75 Å². The molecule has 1 N–H and O–H groups in total. The van der Waals surface area contributed by atoms with Crippen LogP contribution in [-0.2, 0) is 16.2 Å². The highest BCUT2D eigenvalue weighted by atomic mass is 32.2. The summed E-state index contributed by atoms with van der Waals surface area (Å²) >= 11 is 0. The molecule has 33 heavy (non-hydrogen) atoms. The van der Waals surface area contributed by atoms with Gasteiger partial charge in [-0.1, -0.05) is 25.5 Å². The quantitative estimate of drug-likeness (QED) is 0.521. The lowest BCUT2D eigenvalue weighted by Crippen LogP contribution is -2.42. The molecule has 0 spiro atoms. The first kappa shape index (κ1) is 25.4. The third kappa shape index (κ3) is 7.64. The fourth-order valence-corrected chi connectivity index (χ4v) is 4.82. The molecule has 1 heterocycles. The van der Waals surface area contributed by atoms with Gasteiger partial charge in [-0.15, -0.1) is 0 Å². The van der Waals surface area contributed by atoms with Crippen LogP contribution in [0.2, 0.25) is 0 Å². The highest BCUT2D eigenvalue weighted by molar-refractivity contribution is 7.92. The molecule has 1 aliphatic rings. The molecule has 0 aromatic heterocycles. The SMILES string of the molecule is CCCCN1CC[C@@H](c2ccc(NS(C)(=O)=O)cc2)[C@H](COc2ccc(C(F)(F)F)cc2)C1. The second-order valence-corrected chi connectivity index (χ2v) is 10.4. The van der Waals surface area contributed by atoms with Crippen LogP contribution in [0.3, 0.4) is 0 Å². The molecule has 0 bridgehead atoms. The van der Waals surface area contributed by atoms with Crippen LogP contribution in [0.1, 0.15) is 43.2 Å². The molecule has 2 aromatic carbocycles. The maximum Gasteiger partial charge on any atom is 0.416 e. The van der Waals surface area contributed by atoms with E-state index >= 15 is 0 Å². The Morgan fingerprint density at radius 3 is 2.33 bits per heavy atom. The molecule has 2 aromatic rings. The minimum Gasteiger partial charge on any atom is -0.493 e. The molecule has 2 atom stereocenters. The Morgan fingerprint density at radius 2 is 1.76 bits per heavy atom. The second kappa shape index (κ2) is 10.8. The van der Waals surface area contributed by atoms with Crippen LogP contribution >= 0.6 is 0 Å². The number of ether oxygens (including phenoxy) is 1. The second-order valence-electron chi connectivity index (χ2n) is 8.64. The van der Waals surface area contributed by atoms with Gasteiger partial charge in [-0.2, -0.15) is 13.2 Å². The zero-order chi connectivity index (χ0) is 24.1. The third-order valence-electron chi connectivity index (χ3n) is 5.93. The molecule has 3 rings (SSSR count). The summed E-state index contributed by atoms with van der Waals surface area (Å²) in [5.74, 6) is 0.788. The van der Waals surface area contributed by atoms with Crippen molar-refractivity contribution in [1.82, 2.24) is 4.90 Å². The largest absolute Gasteiger partial charge is 0.493 e. The molecule has 0 amide bonds. The standard InChI is InChI=1S/C24H31F3N2O3S/c1-3-4-14-29-15-13-23(18-5-9-21(10-6-18)28-33(2,30)31)19(16-29)17-32-22-11-7-20(8-12-22)24(25,26)27/h5-12,19,23,28H,3-4,13-17H2,1-2H3/t19-,23-/m0/s1. The average molecular weight is 485 g/mol. The smallest absolute Gasteiger partial charge is 0.416 e. The van der Waals surface area contributed by atoms with Crippen LogP contribution in [0.4, 0.5) is 18.9 Å². The predicted octanol–water partition coefficient (Wildman–Crippen LogP) is 5.36. The Kier molecular flexibility index (Phi) is 8.28. The number of hydrogen-bond donors (Lipinski definition) is 1. The minimum atomic E-state index is -4.37. The molecule has 0 aliphatic carbocycles. The molecule has 0 unspecified atom stereocenters. The fraction of sp³-hybridized carbons (Fsp3) is 0.500. The van der Waals surface area contributed by atoms with Crippen molar-refractivity contribution in [2.45, 2.75) is 38.3 Å². The van der Waals surface area contributed by atoms with E-state index < -0.39 is 21.8 Å². The number of piperidine rings is 1. The number of nitrogens with one attached hydrogen (secondary N) is 1. The van der Waals surface area contributed by atoms with E-state index in [0.717, 1.165) is 62.8 Å². The topological polar surface area (TPSA) is 58.6 Å². The molecular formula is C24H31F3N2O3S. The Bertz CT molecular complexity index is 993. The molecule has 0 radical (unpaired) electrons. The summed E-state index contributed by atoms with van der Waals surface area (Å²) in [6.07, 6.45) is -0.0967. The van der Waals surface area contributed by atoms with Crippen molar-refractivity contribution < 1.29 is 26.3 Å². The van der Waals surface area contributed by atoms with Crippen LogP contribution < -0.4 is 9.46 Å². The van der Waals surface area contributed by atoms with Gasteiger partial charge < -0.3 is 9.64 Å². The van der Waals surface area contributed by atoms with Crippen molar-refractivity contribution >= 4 is 15.7 Å². The van der Waals surface area contributed by atoms with Crippen LogP contribution in [0.25, 0.3) is 0 Å². The number of sulfonamides is 1. The lowest BCUT2D eigenvalue weighted by Gasteiger charge is -2.39. The number of rotatable bonds is 9. The number of anilines is 1. The lowest BCUT2D eigenvalue weighted by molar-refractivity contribution is -0.137. The van der Waals surface area contributed by atoms with Gasteiger partial charge in [-0.3, -0.25) is 4.72 Å². The van der Waals surface area contributed by atoms with Crippen LogP contribution in [0.15, 0.2) is 48.5 Å². The van der Waals surface area contributed by atoms with Gasteiger partial charge in [0.2, 0.25) is 10.0 Å². The Morgan fingerprint density at radius 1 is 1.09 bits per heavy atom. The summed E-state index contributed by atoms with van der Waals surface area (Å²) in [5.41, 5.74) is 0.920. The molecule has 1 aliphatic heterocycles. The lowest BCUT2D eigenvalue weighted by atomic mass is 9.80. The highest BCUT2D eigenvalue weighted by Crippen LogP contribution is 2.35. The monoisotopic (exact) mass is 484 g/mol. The van der Waals surface area contributed by atoms with E-state index in [1.807, 2.05) is 12.1 Å². The predicted molar refractivity (Wildman–Crippen MR) is 124 cm³/mol. The number of nitrogens with zero attached hydrogens (tertiary/aromatic N) is 1. The molecule has 1 fully saturated rings. The van der Waals surface area contributed by atoms with E-state index in [4.69, 9.17) is 4.74 Å². The maximum absolute atomic E-state index is 12.8. The fourth-order valence-electron chi connectivity index (χ4n) is 4.26. The number of benzene rings is 2. The van der Waals surface area contributed by atoms with Gasteiger partial charge in [0.25, 0.3) is 0 Å². The van der Waals surface area contributed by atoms with E-state index in [2.05, 4.69) is 16.5 Å². The summed E-state index contributed by atoms with van der Waals surface area (Å²) in [6.45, 7) is 5.36. The number of halogens is 3. The van der Waals surface area contributed by atoms with E-state index in [-0.39, 0.29) is 11.8 Å². The first-order chi connectivity index (χ1) is 15.5. The zero-order valence-corrected chi connectivity index (χ0v) is 19.8. The van der Waals surface area contributed by atoms with Crippen LogP contribution in [-0.4, -0.2) is 45.8 Å². The van der Waals surface area contributed by atoms with Gasteiger partial charge in [0, 0.05) is 18.2 Å². The van der Waals surface area contributed by atoms with E-state index in [1.165, 1.54) is 12.1 Å². The minimum absolute atomic E-state index is 0.159. The highest BCUT2D eigenvalue weighted by Gasteiger charge is 2.32. The van der Waals surface area contributed by atoms with Crippen molar-refractivity contribution in [1.29, 1.82) is 0 Å². The number of likely N-dealkylation sites (tertiary alicyclic amines) is 1. The van der Waals surface area contributed by atoms with Crippen molar-refractivity contribution in [2.75, 3.05) is 37.2 Å². The summed E-state index contributed by atoms with van der Waals surface area (Å²) in [7, 11) is -3.34. The zero-order valence-electron chi connectivity index (χ0n) is 18.9. The van der Waals surface area contributed by atoms with Crippen LogP contribution in [0, 0.1) is 5.92 Å². The average Bonchev–Trinajstić information content (AvgIpc) is 2.75. The molecule has 182 valence electrons. The first-order valence-electron chi connectivity index (χ1n) is 11.2. The number of alkyl halides is 3. The van der Waals surface area contributed by atoms with E-state index in [1.54, 1.807) is 12.1 Å². The Hall–Kier alpha value is -2.26. The summed E-state index contributed by atoms with van der Waals surface area (Å²) < 4.78 is 69.8. The van der Waals surface area contributed by atoms with Crippen molar-refractivity contribution in [2.24, 2.45) is 5.92 Å². The van der Waals surface area contributed by atoms with Gasteiger partial charge in [0.15, 0.2) is 0 Å². The van der Waals surface area contributed by atoms with Crippen molar-refractivity contribution in [3.05, 3.63) is 59.7 Å². The molecule has 0 saturated carbocycles. The van der Waals surface area contributed by atoms with Crippen molar-refractivity contribution in [3.63, 3.8) is 0 Å². The maximum atomic E-state index is 12.8. The van der Waals surface area contributed by atoms with Gasteiger partial charge in [0.1, 0.15) is 5.75 Å². The number of unbranched alkanes of at least 4 members (excludes halogenated alkanes) is 1. The van der Waals surface area contributed by atoms with Crippen molar-refractivity contribution in [3.8, 4) is 5.75 Å². The molecule has 5 nitrogen and oxygen atoms in total. The van der Waals surface area contributed by atoms with Gasteiger partial charge in [0.05, 0.1) is 18.4 Å². The normalized spacial score (nSPS) is 19.9. The van der Waals surface area contributed by atoms with Gasteiger partial charge >= 0.3 is 6.18 Å². The number of hydrogen-bond acceptors (Lipinski definition) is 4. The summed E-state index contributed by atoms with van der Waals surface area (Å²) in [6, 6.07) is 12.2. The van der Waals surface area contributed by atoms with E-state index in [0.29, 0.717) is 18.0 Å². The Labute approximate surface area is 194 Å². The molecule has 1 saturated heterocycles. The third-order valence-corrected chi connectivity index (χ3v) is 6.54. The van der Waals surface area contributed by atoms with Gasteiger partial charge in [-0.25, -0.2) is 8.42 Å².